The molecular formula is C15H18ClN3O4. The molecule has 0 radical (unpaired) electrons. The molecule has 8 heteroatoms. The molecule has 3 heterocycles. The number of aromatic nitrogens is 1. The van der Waals surface area contributed by atoms with E-state index < -0.39 is 0 Å². The highest BCUT2D eigenvalue weighted by Gasteiger charge is 2.24. The van der Waals surface area contributed by atoms with Crippen molar-refractivity contribution in [2.45, 2.75) is 18.9 Å². The van der Waals surface area contributed by atoms with Crippen molar-refractivity contribution in [3.05, 3.63) is 22.8 Å². The van der Waals surface area contributed by atoms with Crippen molar-refractivity contribution in [3.63, 3.8) is 0 Å². The number of pyridine rings is 1. The van der Waals surface area contributed by atoms with E-state index >= 15 is 0 Å². The first kappa shape index (κ1) is 16.0. The van der Waals surface area contributed by atoms with Crippen LogP contribution in [-0.4, -0.2) is 60.7 Å². The van der Waals surface area contributed by atoms with E-state index in [4.69, 9.17) is 21.1 Å². The second-order valence-electron chi connectivity index (χ2n) is 5.52. The number of carbonyl (C=O) groups is 2. The SMILES string of the molecule is O=C1CN(C(=O)c2cnc(OC3CCOCC3)c(Cl)c2)CCN1. The third-order valence-corrected chi connectivity index (χ3v) is 4.10. The summed E-state index contributed by atoms with van der Waals surface area (Å²) in [5, 5.41) is 2.97. The molecule has 0 unspecified atom stereocenters. The monoisotopic (exact) mass is 339 g/mol. The van der Waals surface area contributed by atoms with Gasteiger partial charge in [0.1, 0.15) is 11.1 Å². The largest absolute Gasteiger partial charge is 0.473 e. The van der Waals surface area contributed by atoms with Crippen LogP contribution in [0.5, 0.6) is 5.88 Å². The summed E-state index contributed by atoms with van der Waals surface area (Å²) < 4.78 is 11.0. The van der Waals surface area contributed by atoms with Crippen LogP contribution in [0, 0.1) is 0 Å². The van der Waals surface area contributed by atoms with Gasteiger partial charge in [-0.05, 0) is 6.07 Å². The number of piperazine rings is 1. The molecule has 23 heavy (non-hydrogen) atoms. The number of amides is 2. The predicted octanol–water partition coefficient (Wildman–Crippen LogP) is 0.865. The highest BCUT2D eigenvalue weighted by molar-refractivity contribution is 6.32. The maximum atomic E-state index is 12.4. The zero-order chi connectivity index (χ0) is 16.2. The van der Waals surface area contributed by atoms with Gasteiger partial charge in [-0.3, -0.25) is 9.59 Å². The average Bonchev–Trinajstić information content (AvgIpc) is 2.57. The number of nitrogens with zero attached hydrogens (tertiary/aromatic N) is 2. The number of halogens is 1. The Bertz CT molecular complexity index is 604. The molecule has 0 aliphatic carbocycles. The van der Waals surface area contributed by atoms with Gasteiger partial charge in [-0.15, -0.1) is 0 Å². The van der Waals surface area contributed by atoms with Gasteiger partial charge >= 0.3 is 0 Å². The van der Waals surface area contributed by atoms with Gasteiger partial charge < -0.3 is 19.7 Å². The number of rotatable bonds is 3. The summed E-state index contributed by atoms with van der Waals surface area (Å²) in [5.41, 5.74) is 0.351. The summed E-state index contributed by atoms with van der Waals surface area (Å²) in [4.78, 5) is 29.4. The summed E-state index contributed by atoms with van der Waals surface area (Å²) in [5.74, 6) is -0.0958. The number of hydrogen-bond acceptors (Lipinski definition) is 5. The minimum atomic E-state index is -0.258. The van der Waals surface area contributed by atoms with Gasteiger partial charge in [-0.25, -0.2) is 4.98 Å². The number of ether oxygens (including phenoxy) is 2. The highest BCUT2D eigenvalue weighted by atomic mass is 35.5. The number of hydrogen-bond donors (Lipinski definition) is 1. The lowest BCUT2D eigenvalue weighted by Gasteiger charge is -2.27. The highest BCUT2D eigenvalue weighted by Crippen LogP contribution is 2.26. The Hall–Kier alpha value is -1.86. The Kier molecular flexibility index (Phi) is 4.97. The summed E-state index contributed by atoms with van der Waals surface area (Å²) >= 11 is 6.19. The topological polar surface area (TPSA) is 80.8 Å². The van der Waals surface area contributed by atoms with Gasteiger partial charge in [-0.1, -0.05) is 11.6 Å². The maximum Gasteiger partial charge on any atom is 0.256 e. The molecule has 1 aromatic rings. The molecule has 0 atom stereocenters. The maximum absolute atomic E-state index is 12.4. The first-order valence-electron chi connectivity index (χ1n) is 7.59. The van der Waals surface area contributed by atoms with E-state index in [0.29, 0.717) is 42.8 Å². The summed E-state index contributed by atoms with van der Waals surface area (Å²) in [6.07, 6.45) is 3.06. The molecule has 2 fully saturated rings. The fraction of sp³-hybridized carbons (Fsp3) is 0.533. The van der Waals surface area contributed by atoms with Gasteiger partial charge in [0.2, 0.25) is 11.8 Å². The van der Waals surface area contributed by atoms with Crippen molar-refractivity contribution < 1.29 is 19.1 Å². The quantitative estimate of drug-likeness (QED) is 0.883. The van der Waals surface area contributed by atoms with Crippen molar-refractivity contribution in [3.8, 4) is 5.88 Å². The van der Waals surface area contributed by atoms with Gasteiger partial charge in [0, 0.05) is 32.1 Å². The molecular weight excluding hydrogens is 322 g/mol. The van der Waals surface area contributed by atoms with Crippen LogP contribution >= 0.6 is 11.6 Å². The number of carbonyl (C=O) groups excluding carboxylic acids is 2. The van der Waals surface area contributed by atoms with Gasteiger partial charge in [0.05, 0.1) is 25.3 Å². The molecule has 2 aliphatic heterocycles. The first-order chi connectivity index (χ1) is 11.1. The van der Waals surface area contributed by atoms with Crippen molar-refractivity contribution in [1.82, 2.24) is 15.2 Å². The van der Waals surface area contributed by atoms with E-state index in [1.807, 2.05) is 0 Å². The number of nitrogens with one attached hydrogen (secondary N) is 1. The molecule has 124 valence electrons. The lowest BCUT2D eigenvalue weighted by atomic mass is 10.1. The van der Waals surface area contributed by atoms with Crippen LogP contribution in [0.2, 0.25) is 5.02 Å². The average molecular weight is 340 g/mol. The lowest BCUT2D eigenvalue weighted by Crippen LogP contribution is -2.50. The Morgan fingerprint density at radius 1 is 1.43 bits per heavy atom. The Labute approximate surface area is 138 Å². The van der Waals surface area contributed by atoms with E-state index in [9.17, 15) is 9.59 Å². The van der Waals surface area contributed by atoms with Crippen LogP contribution in [0.15, 0.2) is 12.3 Å². The molecule has 0 bridgehead atoms. The van der Waals surface area contributed by atoms with Gasteiger partial charge in [0.15, 0.2) is 0 Å². The molecule has 0 spiro atoms. The fourth-order valence-electron chi connectivity index (χ4n) is 2.58. The van der Waals surface area contributed by atoms with Crippen LogP contribution in [0.4, 0.5) is 0 Å². The fourth-order valence-corrected chi connectivity index (χ4v) is 2.79. The summed E-state index contributed by atoms with van der Waals surface area (Å²) in [7, 11) is 0. The van der Waals surface area contributed by atoms with Crippen molar-refractivity contribution in [2.75, 3.05) is 32.8 Å². The molecule has 2 saturated heterocycles. The van der Waals surface area contributed by atoms with E-state index in [2.05, 4.69) is 10.3 Å². The predicted molar refractivity (Wildman–Crippen MR) is 82.6 cm³/mol. The second kappa shape index (κ2) is 7.14. The van der Waals surface area contributed by atoms with Crippen LogP contribution < -0.4 is 10.1 Å². The zero-order valence-corrected chi connectivity index (χ0v) is 13.3. The molecule has 3 rings (SSSR count). The smallest absolute Gasteiger partial charge is 0.256 e. The third-order valence-electron chi connectivity index (χ3n) is 3.83. The molecule has 1 N–H and O–H groups in total. The second-order valence-corrected chi connectivity index (χ2v) is 5.92. The Morgan fingerprint density at radius 3 is 2.91 bits per heavy atom. The Balaban J connectivity index is 1.68. The van der Waals surface area contributed by atoms with Gasteiger partial charge in [-0.2, -0.15) is 0 Å². The zero-order valence-electron chi connectivity index (χ0n) is 12.6. The normalized spacial score (nSPS) is 19.3. The van der Waals surface area contributed by atoms with Crippen molar-refractivity contribution in [1.29, 1.82) is 0 Å². The van der Waals surface area contributed by atoms with Crippen LogP contribution in [-0.2, 0) is 9.53 Å². The molecule has 0 aromatic carbocycles. The summed E-state index contributed by atoms with van der Waals surface area (Å²) in [6, 6.07) is 1.54. The van der Waals surface area contributed by atoms with Crippen LogP contribution in [0.25, 0.3) is 0 Å². The molecule has 1 aromatic heterocycles. The first-order valence-corrected chi connectivity index (χ1v) is 7.97. The minimum absolute atomic E-state index is 0.0288. The third kappa shape index (κ3) is 3.92. The van der Waals surface area contributed by atoms with Gasteiger partial charge in [0.25, 0.3) is 5.91 Å². The van der Waals surface area contributed by atoms with Crippen LogP contribution in [0.3, 0.4) is 0 Å². The van der Waals surface area contributed by atoms with E-state index in [-0.39, 0.29) is 24.5 Å². The standard InChI is InChI=1S/C15H18ClN3O4/c16-12-7-10(15(21)19-4-3-17-13(20)9-19)8-18-14(12)23-11-1-5-22-6-2-11/h7-8,11H,1-6,9H2,(H,17,20). The molecule has 2 amide bonds. The van der Waals surface area contributed by atoms with E-state index in [1.165, 1.54) is 17.2 Å². The molecule has 7 nitrogen and oxygen atoms in total. The van der Waals surface area contributed by atoms with E-state index in [1.54, 1.807) is 0 Å². The Morgan fingerprint density at radius 2 is 2.22 bits per heavy atom. The molecule has 2 aliphatic rings. The van der Waals surface area contributed by atoms with Crippen molar-refractivity contribution in [2.24, 2.45) is 0 Å². The summed E-state index contributed by atoms with van der Waals surface area (Å²) in [6.45, 7) is 2.31. The minimum Gasteiger partial charge on any atom is -0.473 e. The van der Waals surface area contributed by atoms with E-state index in [0.717, 1.165) is 12.8 Å². The van der Waals surface area contributed by atoms with Crippen LogP contribution in [0.1, 0.15) is 23.2 Å². The molecule has 0 saturated carbocycles. The lowest BCUT2D eigenvalue weighted by molar-refractivity contribution is -0.123. The van der Waals surface area contributed by atoms with Crippen molar-refractivity contribution >= 4 is 23.4 Å².